The van der Waals surface area contributed by atoms with Gasteiger partial charge in [0.2, 0.25) is 0 Å². The zero-order valence-electron chi connectivity index (χ0n) is 13.0. The van der Waals surface area contributed by atoms with E-state index < -0.39 is 23.7 Å². The molecule has 0 saturated heterocycles. The van der Waals surface area contributed by atoms with E-state index in [-0.39, 0.29) is 22.2 Å². The Labute approximate surface area is 152 Å². The fourth-order valence-electron chi connectivity index (χ4n) is 1.91. The monoisotopic (exact) mass is 385 g/mol. The summed E-state index contributed by atoms with van der Waals surface area (Å²) >= 11 is 6.19. The number of carbonyl (C=O) groups excluding carboxylic acids is 2. The van der Waals surface area contributed by atoms with Crippen LogP contribution in [0.2, 0.25) is 5.02 Å². The van der Waals surface area contributed by atoms with Gasteiger partial charge in [0.25, 0.3) is 11.7 Å². The number of ether oxygens (including phenoxy) is 1. The molecule has 2 aromatic carbocycles. The lowest BCUT2D eigenvalue weighted by molar-refractivity contribution is -0.123. The Kier molecular flexibility index (Phi) is 6.78. The van der Waals surface area contributed by atoms with Crippen LogP contribution in [-0.2, 0) is 9.53 Å². The summed E-state index contributed by atoms with van der Waals surface area (Å²) in [5.74, 6) is -4.11. The molecule has 1 atom stereocenters. The highest BCUT2D eigenvalue weighted by molar-refractivity contribution is 7.99. The van der Waals surface area contributed by atoms with Crippen LogP contribution in [-0.4, -0.2) is 23.7 Å². The standard InChI is InChI=1S/C17H14ClF2NO3S/c1-10(15(22)21-13-8-4-3-7-12(13)18)24-16(23)11-6-2-5-9-14(11)25-17(19)20/h2-10,17H,1H3,(H,21,22)/t10-/m1/s1. The molecule has 1 amide bonds. The third-order valence-corrected chi connectivity index (χ3v) is 4.23. The molecule has 0 aliphatic carbocycles. The van der Waals surface area contributed by atoms with Crippen LogP contribution >= 0.6 is 23.4 Å². The Balaban J connectivity index is 2.05. The summed E-state index contributed by atoms with van der Waals surface area (Å²) in [6, 6.07) is 12.4. The second-order valence-electron chi connectivity index (χ2n) is 4.89. The predicted molar refractivity (Wildman–Crippen MR) is 93.3 cm³/mol. The molecule has 0 aromatic heterocycles. The quantitative estimate of drug-likeness (QED) is 0.571. The summed E-state index contributed by atoms with van der Waals surface area (Å²) in [6.45, 7) is 1.38. The maximum absolute atomic E-state index is 12.6. The first-order valence-electron chi connectivity index (χ1n) is 7.18. The number of nitrogens with one attached hydrogen (secondary N) is 1. The van der Waals surface area contributed by atoms with Crippen LogP contribution in [0, 0.1) is 0 Å². The van der Waals surface area contributed by atoms with Crippen molar-refractivity contribution in [2.75, 3.05) is 5.32 Å². The third-order valence-electron chi connectivity index (χ3n) is 3.11. The molecule has 132 valence electrons. The van der Waals surface area contributed by atoms with Gasteiger partial charge in [0, 0.05) is 4.90 Å². The van der Waals surface area contributed by atoms with Gasteiger partial charge in [0.15, 0.2) is 6.10 Å². The van der Waals surface area contributed by atoms with Gasteiger partial charge in [-0.25, -0.2) is 4.79 Å². The minimum absolute atomic E-state index is 0.0230. The first-order chi connectivity index (χ1) is 11.9. The van der Waals surface area contributed by atoms with Crippen LogP contribution in [0.5, 0.6) is 0 Å². The number of esters is 1. The molecule has 0 radical (unpaired) electrons. The molecule has 1 N–H and O–H groups in total. The average Bonchev–Trinajstić information content (AvgIpc) is 2.56. The maximum Gasteiger partial charge on any atom is 0.340 e. The van der Waals surface area contributed by atoms with E-state index in [9.17, 15) is 18.4 Å². The number of rotatable bonds is 6. The van der Waals surface area contributed by atoms with Crippen LogP contribution in [0.1, 0.15) is 17.3 Å². The van der Waals surface area contributed by atoms with E-state index in [2.05, 4.69) is 5.32 Å². The minimum Gasteiger partial charge on any atom is -0.449 e. The van der Waals surface area contributed by atoms with Gasteiger partial charge in [0.05, 0.1) is 16.3 Å². The molecule has 2 aromatic rings. The second kappa shape index (κ2) is 8.82. The number of hydrogen-bond acceptors (Lipinski definition) is 4. The van der Waals surface area contributed by atoms with Crippen molar-refractivity contribution in [2.24, 2.45) is 0 Å². The number of para-hydroxylation sites is 1. The maximum atomic E-state index is 12.6. The van der Waals surface area contributed by atoms with Gasteiger partial charge < -0.3 is 10.1 Å². The van der Waals surface area contributed by atoms with Crippen LogP contribution < -0.4 is 5.32 Å². The molecule has 0 aliphatic rings. The molecule has 2 rings (SSSR count). The van der Waals surface area contributed by atoms with Crippen LogP contribution in [0.15, 0.2) is 53.4 Å². The van der Waals surface area contributed by atoms with Crippen LogP contribution in [0.4, 0.5) is 14.5 Å². The molecule has 0 aliphatic heterocycles. The number of alkyl halides is 2. The molecule has 8 heteroatoms. The zero-order chi connectivity index (χ0) is 18.4. The number of anilines is 1. The van der Waals surface area contributed by atoms with E-state index >= 15 is 0 Å². The van der Waals surface area contributed by atoms with E-state index in [1.54, 1.807) is 24.3 Å². The van der Waals surface area contributed by atoms with Crippen LogP contribution in [0.3, 0.4) is 0 Å². The molecule has 0 saturated carbocycles. The largest absolute Gasteiger partial charge is 0.449 e. The Morgan fingerprint density at radius 1 is 1.12 bits per heavy atom. The van der Waals surface area contributed by atoms with Gasteiger partial charge >= 0.3 is 5.97 Å². The zero-order valence-corrected chi connectivity index (χ0v) is 14.6. The number of carbonyl (C=O) groups is 2. The molecule has 0 fully saturated rings. The fraction of sp³-hybridized carbons (Fsp3) is 0.176. The lowest BCUT2D eigenvalue weighted by Gasteiger charge is -2.15. The number of benzene rings is 2. The van der Waals surface area contributed by atoms with Gasteiger partial charge in [-0.15, -0.1) is 0 Å². The number of halogens is 3. The lowest BCUT2D eigenvalue weighted by Crippen LogP contribution is -2.30. The van der Waals surface area contributed by atoms with Crippen molar-refractivity contribution in [1.29, 1.82) is 0 Å². The van der Waals surface area contributed by atoms with Crippen molar-refractivity contribution in [1.82, 2.24) is 0 Å². The molecule has 4 nitrogen and oxygen atoms in total. The smallest absolute Gasteiger partial charge is 0.340 e. The molecule has 0 spiro atoms. The SMILES string of the molecule is C[C@@H](OC(=O)c1ccccc1SC(F)F)C(=O)Nc1ccccc1Cl. The molecule has 0 bridgehead atoms. The number of thioether (sulfide) groups is 1. The minimum atomic E-state index is -2.67. The van der Waals surface area contributed by atoms with Crippen molar-refractivity contribution in [3.63, 3.8) is 0 Å². The third kappa shape index (κ3) is 5.44. The van der Waals surface area contributed by atoms with Gasteiger partial charge in [-0.05, 0) is 31.2 Å². The summed E-state index contributed by atoms with van der Waals surface area (Å²) in [5.41, 5.74) is 0.357. The highest BCUT2D eigenvalue weighted by atomic mass is 35.5. The highest BCUT2D eigenvalue weighted by Gasteiger charge is 2.22. The van der Waals surface area contributed by atoms with E-state index in [0.717, 1.165) is 0 Å². The first kappa shape index (κ1) is 19.2. The van der Waals surface area contributed by atoms with Crippen molar-refractivity contribution < 1.29 is 23.1 Å². The predicted octanol–water partition coefficient (Wildman–Crippen LogP) is 4.84. The summed E-state index contributed by atoms with van der Waals surface area (Å²) in [7, 11) is 0. The number of amides is 1. The van der Waals surface area contributed by atoms with Crippen molar-refractivity contribution in [2.45, 2.75) is 23.7 Å². The first-order valence-corrected chi connectivity index (χ1v) is 8.44. The topological polar surface area (TPSA) is 55.4 Å². The normalized spacial score (nSPS) is 11.9. The van der Waals surface area contributed by atoms with Gasteiger partial charge in [-0.3, -0.25) is 4.79 Å². The average molecular weight is 386 g/mol. The van der Waals surface area contributed by atoms with Gasteiger partial charge in [-0.1, -0.05) is 47.6 Å². The van der Waals surface area contributed by atoms with E-state index in [4.69, 9.17) is 16.3 Å². The van der Waals surface area contributed by atoms with Gasteiger partial charge in [-0.2, -0.15) is 8.78 Å². The number of hydrogen-bond donors (Lipinski definition) is 1. The fourth-order valence-corrected chi connectivity index (χ4v) is 2.72. The van der Waals surface area contributed by atoms with E-state index in [1.165, 1.54) is 31.2 Å². The van der Waals surface area contributed by atoms with Crippen molar-refractivity contribution >= 4 is 40.9 Å². The molecular formula is C17H14ClF2NO3S. The van der Waals surface area contributed by atoms with E-state index in [0.29, 0.717) is 10.7 Å². The second-order valence-corrected chi connectivity index (χ2v) is 6.33. The lowest BCUT2D eigenvalue weighted by atomic mass is 10.2. The Morgan fingerprint density at radius 2 is 1.76 bits per heavy atom. The molecule has 0 heterocycles. The van der Waals surface area contributed by atoms with Gasteiger partial charge in [0.1, 0.15) is 0 Å². The summed E-state index contributed by atoms with van der Waals surface area (Å²) in [4.78, 5) is 24.4. The Morgan fingerprint density at radius 3 is 2.44 bits per heavy atom. The Hall–Kier alpha value is -2.12. The Bertz CT molecular complexity index is 773. The molecular weight excluding hydrogens is 372 g/mol. The van der Waals surface area contributed by atoms with Crippen molar-refractivity contribution in [3.8, 4) is 0 Å². The summed E-state index contributed by atoms with van der Waals surface area (Å²) < 4.78 is 30.2. The van der Waals surface area contributed by atoms with Crippen LogP contribution in [0.25, 0.3) is 0 Å². The summed E-state index contributed by atoms with van der Waals surface area (Å²) in [6.07, 6.45) is -1.13. The van der Waals surface area contributed by atoms with Crippen molar-refractivity contribution in [3.05, 3.63) is 59.1 Å². The molecule has 25 heavy (non-hydrogen) atoms. The van der Waals surface area contributed by atoms with E-state index in [1.807, 2.05) is 0 Å². The highest BCUT2D eigenvalue weighted by Crippen LogP contribution is 2.29. The summed E-state index contributed by atoms with van der Waals surface area (Å²) in [5, 5.41) is 2.88. The molecule has 0 unspecified atom stereocenters.